The summed E-state index contributed by atoms with van der Waals surface area (Å²) >= 11 is 0. The van der Waals surface area contributed by atoms with E-state index in [2.05, 4.69) is 14.5 Å². The standard InChI is InChI=1S/C18H29N3O2S/c1-2-15-24(22,23)19-16-7-9-18(10-8-16)21-13-11-20(12-14-21)17-5-3-4-6-17/h7-10,17,19H,2-6,11-15H2,1H3. The van der Waals surface area contributed by atoms with Gasteiger partial charge in [0, 0.05) is 43.6 Å². The van der Waals surface area contributed by atoms with Crippen molar-refractivity contribution in [2.24, 2.45) is 0 Å². The highest BCUT2D eigenvalue weighted by molar-refractivity contribution is 7.92. The van der Waals surface area contributed by atoms with Crippen molar-refractivity contribution < 1.29 is 8.42 Å². The molecule has 0 unspecified atom stereocenters. The molecule has 1 saturated carbocycles. The summed E-state index contributed by atoms with van der Waals surface area (Å²) in [5.74, 6) is 0.165. The van der Waals surface area contributed by atoms with Crippen LogP contribution in [0.2, 0.25) is 0 Å². The van der Waals surface area contributed by atoms with Gasteiger partial charge in [-0.05, 0) is 43.5 Å². The molecular weight excluding hydrogens is 322 g/mol. The lowest BCUT2D eigenvalue weighted by molar-refractivity contribution is 0.187. The highest BCUT2D eigenvalue weighted by atomic mass is 32.2. The maximum atomic E-state index is 11.8. The Hall–Kier alpha value is -1.27. The summed E-state index contributed by atoms with van der Waals surface area (Å²) in [5, 5.41) is 0. The van der Waals surface area contributed by atoms with Crippen LogP contribution in [0.5, 0.6) is 0 Å². The van der Waals surface area contributed by atoms with Gasteiger partial charge in [0.05, 0.1) is 5.75 Å². The van der Waals surface area contributed by atoms with Crippen LogP contribution in [0.25, 0.3) is 0 Å². The molecule has 0 radical (unpaired) electrons. The van der Waals surface area contributed by atoms with Gasteiger partial charge < -0.3 is 4.90 Å². The van der Waals surface area contributed by atoms with E-state index in [1.54, 1.807) is 0 Å². The summed E-state index contributed by atoms with van der Waals surface area (Å²) in [4.78, 5) is 5.05. The lowest BCUT2D eigenvalue weighted by Crippen LogP contribution is -2.49. The number of rotatable bonds is 6. The summed E-state index contributed by atoms with van der Waals surface area (Å²) in [5.41, 5.74) is 1.83. The topological polar surface area (TPSA) is 52.7 Å². The first-order valence-corrected chi connectivity index (χ1v) is 10.8. The van der Waals surface area contributed by atoms with E-state index in [-0.39, 0.29) is 5.75 Å². The van der Waals surface area contributed by atoms with Gasteiger partial charge in [-0.2, -0.15) is 0 Å². The van der Waals surface area contributed by atoms with Crippen LogP contribution in [-0.2, 0) is 10.0 Å². The third kappa shape index (κ3) is 4.42. The van der Waals surface area contributed by atoms with Crippen LogP contribution < -0.4 is 9.62 Å². The summed E-state index contributed by atoms with van der Waals surface area (Å²) in [7, 11) is -3.21. The van der Waals surface area contributed by atoms with E-state index in [0.29, 0.717) is 12.1 Å². The molecule has 3 rings (SSSR count). The van der Waals surface area contributed by atoms with Crippen LogP contribution in [0, 0.1) is 0 Å². The summed E-state index contributed by atoms with van der Waals surface area (Å²) < 4.78 is 26.3. The third-order valence-electron chi connectivity index (χ3n) is 5.13. The van der Waals surface area contributed by atoms with E-state index in [1.165, 1.54) is 31.4 Å². The van der Waals surface area contributed by atoms with E-state index in [1.807, 2.05) is 31.2 Å². The largest absolute Gasteiger partial charge is 0.369 e. The molecule has 6 heteroatoms. The van der Waals surface area contributed by atoms with Crippen molar-refractivity contribution in [3.63, 3.8) is 0 Å². The molecule has 134 valence electrons. The molecule has 0 spiro atoms. The van der Waals surface area contributed by atoms with Gasteiger partial charge in [0.2, 0.25) is 10.0 Å². The molecule has 1 aromatic carbocycles. The Kier molecular flexibility index (Phi) is 5.66. The monoisotopic (exact) mass is 351 g/mol. The Labute approximate surface area is 146 Å². The molecular formula is C18H29N3O2S. The lowest BCUT2D eigenvalue weighted by atomic mass is 10.1. The van der Waals surface area contributed by atoms with E-state index < -0.39 is 10.0 Å². The molecule has 1 saturated heterocycles. The number of nitrogens with zero attached hydrogens (tertiary/aromatic N) is 2. The fourth-order valence-electron chi connectivity index (χ4n) is 3.85. The molecule has 0 atom stereocenters. The molecule has 5 nitrogen and oxygen atoms in total. The molecule has 1 aliphatic heterocycles. The summed E-state index contributed by atoms with van der Waals surface area (Å²) in [6, 6.07) is 8.59. The van der Waals surface area contributed by atoms with Crippen LogP contribution in [0.4, 0.5) is 11.4 Å². The maximum Gasteiger partial charge on any atom is 0.232 e. The molecule has 2 fully saturated rings. The van der Waals surface area contributed by atoms with E-state index >= 15 is 0 Å². The van der Waals surface area contributed by atoms with Gasteiger partial charge >= 0.3 is 0 Å². The quantitative estimate of drug-likeness (QED) is 0.856. The van der Waals surface area contributed by atoms with Crippen LogP contribution in [0.1, 0.15) is 39.0 Å². The predicted octanol–water partition coefficient (Wildman–Crippen LogP) is 2.90. The van der Waals surface area contributed by atoms with Crippen molar-refractivity contribution in [2.45, 2.75) is 45.1 Å². The molecule has 1 aliphatic carbocycles. The lowest BCUT2D eigenvalue weighted by Gasteiger charge is -2.39. The Morgan fingerprint density at radius 1 is 1.04 bits per heavy atom. The normalized spacial score (nSPS) is 20.5. The smallest absolute Gasteiger partial charge is 0.232 e. The van der Waals surface area contributed by atoms with Crippen LogP contribution in [0.3, 0.4) is 0 Å². The van der Waals surface area contributed by atoms with Gasteiger partial charge in [-0.1, -0.05) is 19.8 Å². The highest BCUT2D eigenvalue weighted by Crippen LogP contribution is 2.26. The first kappa shape index (κ1) is 17.5. The fraction of sp³-hybridized carbons (Fsp3) is 0.667. The molecule has 1 aromatic rings. The van der Waals surface area contributed by atoms with E-state index in [9.17, 15) is 8.42 Å². The van der Waals surface area contributed by atoms with Gasteiger partial charge in [-0.15, -0.1) is 0 Å². The van der Waals surface area contributed by atoms with Crippen LogP contribution in [0.15, 0.2) is 24.3 Å². The molecule has 2 aliphatic rings. The number of hydrogen-bond donors (Lipinski definition) is 1. The molecule has 0 bridgehead atoms. The first-order valence-electron chi connectivity index (χ1n) is 9.17. The minimum absolute atomic E-state index is 0.165. The Morgan fingerprint density at radius 3 is 2.25 bits per heavy atom. The number of hydrogen-bond acceptors (Lipinski definition) is 4. The minimum atomic E-state index is -3.21. The van der Waals surface area contributed by atoms with Crippen LogP contribution in [-0.4, -0.2) is 51.3 Å². The maximum absolute atomic E-state index is 11.8. The van der Waals surface area contributed by atoms with Crippen LogP contribution >= 0.6 is 0 Å². The van der Waals surface area contributed by atoms with E-state index in [4.69, 9.17) is 0 Å². The molecule has 0 aromatic heterocycles. The van der Waals surface area contributed by atoms with Crippen molar-refractivity contribution in [1.82, 2.24) is 4.90 Å². The molecule has 1 heterocycles. The highest BCUT2D eigenvalue weighted by Gasteiger charge is 2.26. The van der Waals surface area contributed by atoms with Crippen molar-refractivity contribution in [2.75, 3.05) is 41.6 Å². The van der Waals surface area contributed by atoms with Crippen molar-refractivity contribution in [3.8, 4) is 0 Å². The zero-order chi connectivity index (χ0) is 17.0. The Balaban J connectivity index is 1.54. The number of benzene rings is 1. The van der Waals surface area contributed by atoms with Gasteiger partial charge in [-0.25, -0.2) is 8.42 Å². The second kappa shape index (κ2) is 7.74. The zero-order valence-electron chi connectivity index (χ0n) is 14.6. The fourth-order valence-corrected chi connectivity index (χ4v) is 4.99. The third-order valence-corrected chi connectivity index (χ3v) is 6.63. The second-order valence-corrected chi connectivity index (χ2v) is 8.77. The SMILES string of the molecule is CCCS(=O)(=O)Nc1ccc(N2CCN(C3CCCC3)CC2)cc1. The predicted molar refractivity (Wildman–Crippen MR) is 100 cm³/mol. The van der Waals surface area contributed by atoms with E-state index in [0.717, 1.165) is 32.2 Å². The second-order valence-electron chi connectivity index (χ2n) is 6.93. The minimum Gasteiger partial charge on any atom is -0.369 e. The Bertz CT molecular complexity index is 616. The summed E-state index contributed by atoms with van der Waals surface area (Å²) in [6.07, 6.45) is 6.14. The van der Waals surface area contributed by atoms with Gasteiger partial charge in [0.15, 0.2) is 0 Å². The molecule has 1 N–H and O–H groups in total. The Morgan fingerprint density at radius 2 is 1.67 bits per heavy atom. The summed E-state index contributed by atoms with van der Waals surface area (Å²) in [6.45, 7) is 6.24. The average molecular weight is 352 g/mol. The van der Waals surface area contributed by atoms with Crippen molar-refractivity contribution in [3.05, 3.63) is 24.3 Å². The van der Waals surface area contributed by atoms with Gasteiger partial charge in [0.1, 0.15) is 0 Å². The average Bonchev–Trinajstić information content (AvgIpc) is 3.10. The zero-order valence-corrected chi connectivity index (χ0v) is 15.4. The number of piperazine rings is 1. The number of anilines is 2. The first-order chi connectivity index (χ1) is 11.6. The number of sulfonamides is 1. The van der Waals surface area contributed by atoms with Crippen molar-refractivity contribution in [1.29, 1.82) is 0 Å². The van der Waals surface area contributed by atoms with Gasteiger partial charge in [-0.3, -0.25) is 9.62 Å². The number of nitrogens with one attached hydrogen (secondary N) is 1. The van der Waals surface area contributed by atoms with Crippen molar-refractivity contribution >= 4 is 21.4 Å². The molecule has 24 heavy (non-hydrogen) atoms. The molecule has 0 amide bonds. The van der Waals surface area contributed by atoms with Gasteiger partial charge in [0.25, 0.3) is 0 Å².